The zero-order valence-corrected chi connectivity index (χ0v) is 10.6. The number of sulfone groups is 1. The molecule has 94 valence electrons. The second-order valence-corrected chi connectivity index (χ2v) is 6.48. The summed E-state index contributed by atoms with van der Waals surface area (Å²) < 4.78 is 24.0. The Morgan fingerprint density at radius 2 is 1.76 bits per heavy atom. The van der Waals surface area contributed by atoms with Crippen LogP contribution in [0.25, 0.3) is 0 Å². The Morgan fingerprint density at radius 3 is 2.18 bits per heavy atom. The van der Waals surface area contributed by atoms with E-state index >= 15 is 0 Å². The lowest BCUT2D eigenvalue weighted by Gasteiger charge is -2.15. The number of hydrogen-bond donors (Lipinski definition) is 1. The lowest BCUT2D eigenvalue weighted by Crippen LogP contribution is -2.26. The smallest absolute Gasteiger partial charge is 0.326 e. The summed E-state index contributed by atoms with van der Waals surface area (Å²) in [7, 11) is -3.67. The molecular weight excluding hydrogens is 240 g/mol. The van der Waals surface area contributed by atoms with Gasteiger partial charge < -0.3 is 5.11 Å². The average Bonchev–Trinajstić information content (AvgIpc) is 2.15. The Morgan fingerprint density at radius 1 is 1.24 bits per heavy atom. The van der Waals surface area contributed by atoms with E-state index in [0.29, 0.717) is 5.56 Å². The van der Waals surface area contributed by atoms with Gasteiger partial charge in [0.2, 0.25) is 0 Å². The number of carboxylic acid groups (broad SMARTS) is 1. The van der Waals surface area contributed by atoms with Crippen molar-refractivity contribution in [3.05, 3.63) is 35.9 Å². The molecule has 0 heterocycles. The summed E-state index contributed by atoms with van der Waals surface area (Å²) in [6.45, 7) is 3.50. The van der Waals surface area contributed by atoms with Crippen molar-refractivity contribution in [1.82, 2.24) is 0 Å². The molecule has 0 aromatic heterocycles. The molecule has 1 aromatic carbocycles. The van der Waals surface area contributed by atoms with Gasteiger partial charge in [0.05, 0.1) is 5.75 Å². The SMILES string of the molecule is CC(C)CS(=O)(=O)C(C(=O)O)c1ccccc1. The maximum atomic E-state index is 12.0. The largest absolute Gasteiger partial charge is 0.480 e. The molecule has 17 heavy (non-hydrogen) atoms. The van der Waals surface area contributed by atoms with Gasteiger partial charge in [0.15, 0.2) is 15.1 Å². The summed E-state index contributed by atoms with van der Waals surface area (Å²) in [6.07, 6.45) is 0. The van der Waals surface area contributed by atoms with Crippen molar-refractivity contribution in [3.8, 4) is 0 Å². The second-order valence-electron chi connectivity index (χ2n) is 4.35. The maximum Gasteiger partial charge on any atom is 0.326 e. The molecule has 0 saturated heterocycles. The molecular formula is C12H16O4S. The Hall–Kier alpha value is -1.36. The summed E-state index contributed by atoms with van der Waals surface area (Å²) in [4.78, 5) is 11.1. The van der Waals surface area contributed by atoms with Gasteiger partial charge in [0, 0.05) is 0 Å². The summed E-state index contributed by atoms with van der Waals surface area (Å²) in [6, 6.07) is 8.04. The zero-order chi connectivity index (χ0) is 13.1. The van der Waals surface area contributed by atoms with Crippen LogP contribution in [0.5, 0.6) is 0 Å². The number of carbonyl (C=O) groups is 1. The summed E-state index contributed by atoms with van der Waals surface area (Å²) in [5.74, 6) is -1.54. The molecule has 0 aliphatic heterocycles. The minimum atomic E-state index is -3.67. The van der Waals surface area contributed by atoms with Crippen LogP contribution < -0.4 is 0 Å². The van der Waals surface area contributed by atoms with E-state index in [0.717, 1.165) is 0 Å². The predicted octanol–water partition coefficient (Wildman–Crippen LogP) is 1.88. The molecule has 0 saturated carbocycles. The van der Waals surface area contributed by atoms with Gasteiger partial charge in [-0.25, -0.2) is 8.42 Å². The third-order valence-corrected chi connectivity index (χ3v) is 4.57. The average molecular weight is 256 g/mol. The molecule has 0 amide bonds. The molecule has 5 heteroatoms. The van der Waals surface area contributed by atoms with Crippen molar-refractivity contribution in [2.24, 2.45) is 5.92 Å². The number of carboxylic acids is 1. The van der Waals surface area contributed by atoms with Crippen LogP contribution in [0.2, 0.25) is 0 Å². The molecule has 0 aliphatic rings. The number of aliphatic carboxylic acids is 1. The van der Waals surface area contributed by atoms with Gasteiger partial charge >= 0.3 is 5.97 Å². The van der Waals surface area contributed by atoms with Crippen LogP contribution in [0.3, 0.4) is 0 Å². The standard InChI is InChI=1S/C12H16O4S/c1-9(2)8-17(15,16)11(12(13)14)10-6-4-3-5-7-10/h3-7,9,11H,8H2,1-2H3,(H,13,14). The van der Waals surface area contributed by atoms with E-state index in [1.165, 1.54) is 12.1 Å². The van der Waals surface area contributed by atoms with Crippen LogP contribution in [-0.4, -0.2) is 25.2 Å². The van der Waals surface area contributed by atoms with E-state index in [9.17, 15) is 13.2 Å². The van der Waals surface area contributed by atoms with Gasteiger partial charge in [0.1, 0.15) is 0 Å². The van der Waals surface area contributed by atoms with Crippen molar-refractivity contribution < 1.29 is 18.3 Å². The van der Waals surface area contributed by atoms with Crippen molar-refractivity contribution in [2.45, 2.75) is 19.1 Å². The fraction of sp³-hybridized carbons (Fsp3) is 0.417. The predicted molar refractivity (Wildman–Crippen MR) is 65.4 cm³/mol. The van der Waals surface area contributed by atoms with E-state index in [1.54, 1.807) is 32.0 Å². The first-order chi connectivity index (χ1) is 7.84. The quantitative estimate of drug-likeness (QED) is 0.873. The van der Waals surface area contributed by atoms with Crippen molar-refractivity contribution in [2.75, 3.05) is 5.75 Å². The highest BCUT2D eigenvalue weighted by Gasteiger charge is 2.34. The van der Waals surface area contributed by atoms with Crippen LogP contribution in [0.15, 0.2) is 30.3 Å². The monoisotopic (exact) mass is 256 g/mol. The molecule has 0 fully saturated rings. The van der Waals surface area contributed by atoms with Crippen molar-refractivity contribution in [3.63, 3.8) is 0 Å². The first-order valence-corrected chi connectivity index (χ1v) is 7.05. The fourth-order valence-corrected chi connectivity index (χ4v) is 3.69. The van der Waals surface area contributed by atoms with E-state index in [4.69, 9.17) is 5.11 Å². The van der Waals surface area contributed by atoms with Gasteiger partial charge in [-0.1, -0.05) is 44.2 Å². The highest BCUT2D eigenvalue weighted by atomic mass is 32.2. The highest BCUT2D eigenvalue weighted by molar-refractivity contribution is 7.92. The molecule has 4 nitrogen and oxygen atoms in total. The number of benzene rings is 1. The van der Waals surface area contributed by atoms with Crippen LogP contribution in [-0.2, 0) is 14.6 Å². The molecule has 1 rings (SSSR count). The minimum Gasteiger partial charge on any atom is -0.480 e. The van der Waals surface area contributed by atoms with E-state index in [-0.39, 0.29) is 11.7 Å². The van der Waals surface area contributed by atoms with Crippen molar-refractivity contribution >= 4 is 15.8 Å². The van der Waals surface area contributed by atoms with Gasteiger partial charge in [-0.2, -0.15) is 0 Å². The van der Waals surface area contributed by atoms with Gasteiger partial charge in [0.25, 0.3) is 0 Å². The van der Waals surface area contributed by atoms with Crippen LogP contribution in [0, 0.1) is 5.92 Å². The van der Waals surface area contributed by atoms with Crippen LogP contribution in [0.1, 0.15) is 24.7 Å². The molecule has 0 bridgehead atoms. The first kappa shape index (κ1) is 13.7. The minimum absolute atomic E-state index is 0.0921. The maximum absolute atomic E-state index is 12.0. The molecule has 0 spiro atoms. The second kappa shape index (κ2) is 5.31. The summed E-state index contributed by atoms with van der Waals surface area (Å²) in [5, 5.41) is 7.63. The van der Waals surface area contributed by atoms with E-state index in [1.807, 2.05) is 0 Å². The highest BCUT2D eigenvalue weighted by Crippen LogP contribution is 2.24. The van der Waals surface area contributed by atoms with E-state index < -0.39 is 21.1 Å². The Kier molecular flexibility index (Phi) is 4.28. The molecule has 1 N–H and O–H groups in total. The van der Waals surface area contributed by atoms with Gasteiger partial charge in [-0.05, 0) is 11.5 Å². The number of rotatable bonds is 5. The summed E-state index contributed by atoms with van der Waals surface area (Å²) in [5.41, 5.74) is 0.306. The van der Waals surface area contributed by atoms with Crippen LogP contribution >= 0.6 is 0 Å². The number of hydrogen-bond acceptors (Lipinski definition) is 3. The Balaban J connectivity index is 3.16. The fourth-order valence-electron chi connectivity index (χ4n) is 1.69. The topological polar surface area (TPSA) is 71.4 Å². The first-order valence-electron chi connectivity index (χ1n) is 5.34. The van der Waals surface area contributed by atoms with Crippen molar-refractivity contribution in [1.29, 1.82) is 0 Å². The molecule has 0 radical (unpaired) electrons. The zero-order valence-electron chi connectivity index (χ0n) is 9.83. The Bertz CT molecular complexity index is 476. The van der Waals surface area contributed by atoms with Gasteiger partial charge in [-0.15, -0.1) is 0 Å². The van der Waals surface area contributed by atoms with Gasteiger partial charge in [-0.3, -0.25) is 4.79 Å². The van der Waals surface area contributed by atoms with Crippen LogP contribution in [0.4, 0.5) is 0 Å². The van der Waals surface area contributed by atoms with E-state index in [2.05, 4.69) is 0 Å². The molecule has 1 unspecified atom stereocenters. The Labute approximate surface area is 101 Å². The lowest BCUT2D eigenvalue weighted by molar-refractivity contribution is -0.136. The third-order valence-electron chi connectivity index (χ3n) is 2.25. The normalized spacial score (nSPS) is 13.6. The molecule has 1 aromatic rings. The molecule has 1 atom stereocenters. The summed E-state index contributed by atoms with van der Waals surface area (Å²) >= 11 is 0. The third kappa shape index (κ3) is 3.56. The molecule has 0 aliphatic carbocycles. The lowest BCUT2D eigenvalue weighted by atomic mass is 10.1.